The van der Waals surface area contributed by atoms with Crippen molar-refractivity contribution in [3.05, 3.63) is 58.1 Å². The molecule has 2 aliphatic carbocycles. The third-order valence-electron chi connectivity index (χ3n) is 10.1. The Balaban J connectivity index is 1.23. The molecule has 1 saturated carbocycles. The molecular formula is C32H41ClN2O7S. The number of primary sulfonamides is 1. The van der Waals surface area contributed by atoms with Gasteiger partial charge in [0.15, 0.2) is 0 Å². The molecule has 0 unspecified atom stereocenters. The molecule has 2 aromatic rings. The van der Waals surface area contributed by atoms with E-state index in [4.69, 9.17) is 31.0 Å². The van der Waals surface area contributed by atoms with Crippen molar-refractivity contribution in [1.29, 1.82) is 0 Å². The number of hydrogen-bond acceptors (Lipinski definition) is 7. The van der Waals surface area contributed by atoms with Crippen molar-refractivity contribution in [3.8, 4) is 5.75 Å². The average Bonchev–Trinajstić information content (AvgIpc) is 3.10. The van der Waals surface area contributed by atoms with E-state index in [0.717, 1.165) is 68.7 Å². The molecule has 6 atom stereocenters. The van der Waals surface area contributed by atoms with E-state index in [-0.39, 0.29) is 29.8 Å². The summed E-state index contributed by atoms with van der Waals surface area (Å²) in [4.78, 5) is 14.3. The summed E-state index contributed by atoms with van der Waals surface area (Å²) in [6.45, 7) is 4.24. The summed E-state index contributed by atoms with van der Waals surface area (Å²) in [6.07, 6.45) is 6.52. The maximum absolute atomic E-state index is 12.0. The predicted octanol–water partition coefficient (Wildman–Crippen LogP) is 4.78. The second-order valence-electron chi connectivity index (χ2n) is 12.9. The first-order valence-corrected chi connectivity index (χ1v) is 17.3. The van der Waals surface area contributed by atoms with Gasteiger partial charge < -0.3 is 24.2 Å². The summed E-state index contributed by atoms with van der Waals surface area (Å²) in [5, 5.41) is 15.1. The third kappa shape index (κ3) is 6.40. The van der Waals surface area contributed by atoms with E-state index < -0.39 is 21.2 Å². The van der Waals surface area contributed by atoms with E-state index >= 15 is 0 Å². The van der Waals surface area contributed by atoms with Crippen LogP contribution < -0.4 is 14.8 Å². The standard InChI is InChI=1S/C32H41ClN2O7S/c1-20(43(34,38)39)17-41-25-10-12-40-30(15-25)26-7-4-23(26)16-35-18-32(11-2-3-21-13-24(33)6-8-27(21)32)19-42-29-9-5-22(31(36)37)14-28(29)35/h5-6,8-9,13-14,20,23,25-26,30H,2-4,7,10-12,15-19H2,1H3,(H,36,37)(H2,34,38,39)/t20-,23-,25-,26+,30+,32-/m0/s1. The Morgan fingerprint density at radius 2 is 2.07 bits per heavy atom. The summed E-state index contributed by atoms with van der Waals surface area (Å²) in [6, 6.07) is 11.4. The summed E-state index contributed by atoms with van der Waals surface area (Å²) >= 11 is 6.38. The number of aromatic carboxylic acids is 1. The molecular weight excluding hydrogens is 592 g/mol. The number of carboxylic acids is 1. The zero-order valence-electron chi connectivity index (χ0n) is 24.5. The number of benzene rings is 2. The Bertz CT molecular complexity index is 1470. The first kappa shape index (κ1) is 30.6. The van der Waals surface area contributed by atoms with E-state index in [1.165, 1.54) is 11.1 Å². The highest BCUT2D eigenvalue weighted by atomic mass is 35.5. The molecule has 43 heavy (non-hydrogen) atoms. The second kappa shape index (κ2) is 12.2. The van der Waals surface area contributed by atoms with Gasteiger partial charge in [0.1, 0.15) is 5.75 Å². The summed E-state index contributed by atoms with van der Waals surface area (Å²) in [5.41, 5.74) is 3.37. The number of carbonyl (C=O) groups is 1. The minimum absolute atomic E-state index is 0.0295. The van der Waals surface area contributed by atoms with E-state index in [1.54, 1.807) is 25.1 Å². The molecule has 9 nitrogen and oxygen atoms in total. The van der Waals surface area contributed by atoms with E-state index in [9.17, 15) is 18.3 Å². The molecule has 2 fully saturated rings. The minimum atomic E-state index is -3.64. The van der Waals surface area contributed by atoms with E-state index in [0.29, 0.717) is 30.8 Å². The van der Waals surface area contributed by atoms with Crippen molar-refractivity contribution in [2.75, 3.05) is 37.8 Å². The summed E-state index contributed by atoms with van der Waals surface area (Å²) < 4.78 is 42.0. The number of aryl methyl sites for hydroxylation is 1. The zero-order valence-corrected chi connectivity index (χ0v) is 26.1. The lowest BCUT2D eigenvalue weighted by molar-refractivity contribution is -0.116. The molecule has 4 aliphatic rings. The van der Waals surface area contributed by atoms with Gasteiger partial charge in [0.25, 0.3) is 0 Å². The number of anilines is 1. The van der Waals surface area contributed by atoms with Crippen LogP contribution in [0.3, 0.4) is 0 Å². The van der Waals surface area contributed by atoms with Crippen LogP contribution in [0.25, 0.3) is 0 Å². The SMILES string of the molecule is C[C@@H](CO[C@H]1CCO[C@@H]([C@@H]2CC[C@H]2CN2C[C@@]3(CCCc4cc(Cl)ccc43)COc3ccc(C(=O)O)cc32)C1)S(N)(=O)=O. The van der Waals surface area contributed by atoms with Crippen molar-refractivity contribution >= 4 is 33.3 Å². The van der Waals surface area contributed by atoms with Gasteiger partial charge in [-0.05, 0) is 98.7 Å². The van der Waals surface area contributed by atoms with Crippen LogP contribution in [0.5, 0.6) is 5.75 Å². The number of fused-ring (bicyclic) bond motifs is 3. The Morgan fingerprint density at radius 3 is 2.81 bits per heavy atom. The number of nitrogens with two attached hydrogens (primary N) is 1. The lowest BCUT2D eigenvalue weighted by atomic mass is 9.67. The highest BCUT2D eigenvalue weighted by molar-refractivity contribution is 7.89. The van der Waals surface area contributed by atoms with Gasteiger partial charge in [-0.2, -0.15) is 0 Å². The zero-order chi connectivity index (χ0) is 30.4. The monoisotopic (exact) mass is 632 g/mol. The Labute approximate surface area is 258 Å². The predicted molar refractivity (Wildman–Crippen MR) is 165 cm³/mol. The van der Waals surface area contributed by atoms with Gasteiger partial charge in [0.2, 0.25) is 10.0 Å². The van der Waals surface area contributed by atoms with Crippen LogP contribution >= 0.6 is 11.6 Å². The number of sulfonamides is 1. The van der Waals surface area contributed by atoms with Crippen LogP contribution in [0.15, 0.2) is 36.4 Å². The smallest absolute Gasteiger partial charge is 0.335 e. The van der Waals surface area contributed by atoms with Crippen LogP contribution in [-0.4, -0.2) is 69.9 Å². The number of halogens is 1. The molecule has 0 bridgehead atoms. The number of carboxylic acid groups (broad SMARTS) is 1. The molecule has 0 radical (unpaired) electrons. The maximum Gasteiger partial charge on any atom is 0.335 e. The van der Waals surface area contributed by atoms with Crippen molar-refractivity contribution in [2.24, 2.45) is 17.0 Å². The quantitative estimate of drug-likeness (QED) is 0.426. The van der Waals surface area contributed by atoms with Crippen molar-refractivity contribution < 1.29 is 32.5 Å². The van der Waals surface area contributed by atoms with Crippen molar-refractivity contribution in [2.45, 2.75) is 74.7 Å². The van der Waals surface area contributed by atoms with Gasteiger partial charge >= 0.3 is 5.97 Å². The van der Waals surface area contributed by atoms with Crippen LogP contribution in [0.1, 0.15) is 66.9 Å². The van der Waals surface area contributed by atoms with Gasteiger partial charge in [0.05, 0.1) is 41.9 Å². The van der Waals surface area contributed by atoms with Gasteiger partial charge in [-0.15, -0.1) is 0 Å². The fraction of sp³-hybridized carbons (Fsp3) is 0.594. The highest BCUT2D eigenvalue weighted by Crippen LogP contribution is 2.47. The number of hydrogen-bond donors (Lipinski definition) is 2. The van der Waals surface area contributed by atoms with Crippen molar-refractivity contribution in [1.82, 2.24) is 0 Å². The van der Waals surface area contributed by atoms with Crippen LogP contribution in [0.4, 0.5) is 5.69 Å². The maximum atomic E-state index is 12.0. The lowest BCUT2D eigenvalue weighted by Crippen LogP contribution is -2.51. The Kier molecular flexibility index (Phi) is 8.69. The largest absolute Gasteiger partial charge is 0.490 e. The molecule has 2 heterocycles. The molecule has 234 valence electrons. The first-order valence-electron chi connectivity index (χ1n) is 15.3. The van der Waals surface area contributed by atoms with Crippen LogP contribution in [0, 0.1) is 11.8 Å². The van der Waals surface area contributed by atoms with Gasteiger partial charge in [0, 0.05) is 36.6 Å². The second-order valence-corrected chi connectivity index (χ2v) is 15.3. The Morgan fingerprint density at radius 1 is 1.23 bits per heavy atom. The molecule has 11 heteroatoms. The summed E-state index contributed by atoms with van der Waals surface area (Å²) in [5.74, 6) is 0.451. The fourth-order valence-electron chi connectivity index (χ4n) is 7.45. The fourth-order valence-corrected chi connectivity index (χ4v) is 7.92. The highest BCUT2D eigenvalue weighted by Gasteiger charge is 2.45. The average molecular weight is 633 g/mol. The minimum Gasteiger partial charge on any atom is -0.490 e. The number of ether oxygens (including phenoxy) is 3. The lowest BCUT2D eigenvalue weighted by Gasteiger charge is -2.47. The normalized spacial score (nSPS) is 29.5. The number of nitrogens with zero attached hydrogens (tertiary/aromatic N) is 1. The topological polar surface area (TPSA) is 128 Å². The van der Waals surface area contributed by atoms with E-state index in [1.807, 2.05) is 6.07 Å². The molecule has 0 aromatic heterocycles. The third-order valence-corrected chi connectivity index (χ3v) is 11.6. The molecule has 2 aromatic carbocycles. The van der Waals surface area contributed by atoms with Crippen LogP contribution in [0.2, 0.25) is 5.02 Å². The van der Waals surface area contributed by atoms with Gasteiger partial charge in [-0.1, -0.05) is 17.7 Å². The van der Waals surface area contributed by atoms with Gasteiger partial charge in [-0.3, -0.25) is 0 Å². The molecule has 3 N–H and O–H groups in total. The summed E-state index contributed by atoms with van der Waals surface area (Å²) in [7, 11) is -3.64. The molecule has 2 aliphatic heterocycles. The van der Waals surface area contributed by atoms with Gasteiger partial charge in [-0.25, -0.2) is 18.4 Å². The number of rotatable bonds is 8. The Hall–Kier alpha value is -2.37. The molecule has 0 amide bonds. The molecule has 1 spiro atoms. The first-order chi connectivity index (χ1) is 20.5. The van der Waals surface area contributed by atoms with E-state index in [2.05, 4.69) is 17.0 Å². The van der Waals surface area contributed by atoms with Crippen molar-refractivity contribution in [3.63, 3.8) is 0 Å². The van der Waals surface area contributed by atoms with Crippen LogP contribution in [-0.2, 0) is 31.3 Å². The molecule has 6 rings (SSSR count). The molecule has 1 saturated heterocycles.